The minimum Gasteiger partial charge on any atom is -0.465 e. The lowest BCUT2D eigenvalue weighted by atomic mass is 9.95. The first-order valence-corrected chi connectivity index (χ1v) is 3.30. The zero-order valence-electron chi connectivity index (χ0n) is 6.81. The highest BCUT2D eigenvalue weighted by molar-refractivity contribution is 5.98. The Bertz CT molecular complexity index is 175. The monoisotopic (exact) mass is 162 g/mol. The Hall–Kier alpha value is -0.930. The van der Waals surface area contributed by atoms with E-state index >= 15 is 0 Å². The minimum atomic E-state index is -1.67. The molecule has 0 unspecified atom stereocenters. The summed E-state index contributed by atoms with van der Waals surface area (Å²) in [6.07, 6.45) is 0. The fraction of sp³-hybridized carbons (Fsp3) is 0.714. The predicted octanol–water partition coefficient (Wildman–Crippen LogP) is 1.07. The van der Waals surface area contributed by atoms with Crippen LogP contribution in [-0.2, 0) is 14.3 Å². The summed E-state index contributed by atoms with van der Waals surface area (Å²) < 4.78 is 16.6. The maximum atomic E-state index is 12.1. The van der Waals surface area contributed by atoms with Crippen molar-refractivity contribution in [2.45, 2.75) is 20.8 Å². The molecule has 4 heteroatoms. The lowest BCUT2D eigenvalue weighted by molar-refractivity contribution is -0.161. The van der Waals surface area contributed by atoms with Crippen molar-refractivity contribution in [2.24, 2.45) is 5.41 Å². The maximum absolute atomic E-state index is 12.1. The molecule has 0 atom stereocenters. The van der Waals surface area contributed by atoms with Crippen LogP contribution in [0, 0.1) is 5.41 Å². The van der Waals surface area contributed by atoms with E-state index in [1.807, 2.05) is 0 Å². The molecule has 0 aliphatic heterocycles. The molecule has 0 fully saturated rings. The molecule has 0 bridgehead atoms. The normalized spacial score (nSPS) is 10.9. The molecule has 0 saturated carbocycles. The van der Waals surface area contributed by atoms with Crippen LogP contribution in [0.25, 0.3) is 0 Å². The van der Waals surface area contributed by atoms with Crippen molar-refractivity contribution in [3.63, 3.8) is 0 Å². The van der Waals surface area contributed by atoms with Gasteiger partial charge in [0.15, 0.2) is 5.41 Å². The van der Waals surface area contributed by atoms with E-state index < -0.39 is 17.4 Å². The zero-order valence-corrected chi connectivity index (χ0v) is 6.81. The lowest BCUT2D eigenvalue weighted by Gasteiger charge is -2.15. The summed E-state index contributed by atoms with van der Waals surface area (Å²) in [7, 11) is 0. The quantitative estimate of drug-likeness (QED) is 0.354. The summed E-state index contributed by atoms with van der Waals surface area (Å²) in [4.78, 5) is 21.0. The van der Waals surface area contributed by atoms with Crippen molar-refractivity contribution in [2.75, 3.05) is 6.61 Å². The van der Waals surface area contributed by atoms with E-state index in [1.54, 1.807) is 6.92 Å². The van der Waals surface area contributed by atoms with E-state index in [2.05, 4.69) is 4.74 Å². The van der Waals surface area contributed by atoms with Crippen molar-refractivity contribution in [1.29, 1.82) is 0 Å². The van der Waals surface area contributed by atoms with Crippen LogP contribution >= 0.6 is 0 Å². The molecule has 0 aromatic rings. The van der Waals surface area contributed by atoms with Crippen LogP contribution in [0.3, 0.4) is 0 Å². The molecule has 0 N–H and O–H groups in total. The summed E-state index contributed by atoms with van der Waals surface area (Å²) in [6.45, 7) is 4.12. The van der Waals surface area contributed by atoms with Crippen molar-refractivity contribution in [3.8, 4) is 0 Å². The largest absolute Gasteiger partial charge is 0.465 e. The Morgan fingerprint density at radius 2 is 1.91 bits per heavy atom. The van der Waals surface area contributed by atoms with Gasteiger partial charge in [-0.3, -0.25) is 9.59 Å². The fourth-order valence-corrected chi connectivity index (χ4v) is 0.392. The van der Waals surface area contributed by atoms with Crippen molar-refractivity contribution in [3.05, 3.63) is 0 Å². The molecule has 0 rings (SSSR count). The third-order valence-electron chi connectivity index (χ3n) is 1.28. The van der Waals surface area contributed by atoms with Gasteiger partial charge >= 0.3 is 12.0 Å². The molecule has 0 aliphatic rings. The number of esters is 1. The first kappa shape index (κ1) is 10.1. The van der Waals surface area contributed by atoms with Crippen LogP contribution in [0.2, 0.25) is 0 Å². The Balaban J connectivity index is 4.30. The second-order valence-corrected chi connectivity index (χ2v) is 2.62. The van der Waals surface area contributed by atoms with E-state index in [0.29, 0.717) is 0 Å². The highest BCUT2D eigenvalue weighted by Gasteiger charge is 2.37. The number of ether oxygens (including phenoxy) is 1. The Kier molecular flexibility index (Phi) is 3.17. The molecular weight excluding hydrogens is 151 g/mol. The topological polar surface area (TPSA) is 43.4 Å². The predicted molar refractivity (Wildman–Crippen MR) is 36.5 cm³/mol. The van der Waals surface area contributed by atoms with Gasteiger partial charge in [0, 0.05) is 0 Å². The van der Waals surface area contributed by atoms with E-state index in [-0.39, 0.29) is 6.61 Å². The first-order chi connectivity index (χ1) is 4.92. The third-order valence-corrected chi connectivity index (χ3v) is 1.28. The number of hydrogen-bond donors (Lipinski definition) is 0. The summed E-state index contributed by atoms with van der Waals surface area (Å²) >= 11 is 0. The van der Waals surface area contributed by atoms with Gasteiger partial charge < -0.3 is 4.74 Å². The second kappa shape index (κ2) is 3.46. The fourth-order valence-electron chi connectivity index (χ4n) is 0.392. The molecular formula is C7H11FO3. The van der Waals surface area contributed by atoms with Crippen LogP contribution in [0.15, 0.2) is 0 Å². The van der Waals surface area contributed by atoms with Crippen molar-refractivity contribution >= 4 is 12.0 Å². The number of rotatable bonds is 3. The van der Waals surface area contributed by atoms with Crippen LogP contribution < -0.4 is 0 Å². The van der Waals surface area contributed by atoms with E-state index in [9.17, 15) is 14.0 Å². The molecule has 0 aromatic heterocycles. The molecule has 0 saturated heterocycles. The summed E-state index contributed by atoms with van der Waals surface area (Å²) in [5.74, 6) is -0.826. The number of halogens is 1. The maximum Gasteiger partial charge on any atom is 0.321 e. The highest BCUT2D eigenvalue weighted by atomic mass is 19.1. The summed E-state index contributed by atoms with van der Waals surface area (Å²) in [6, 6.07) is -1.67. The first-order valence-electron chi connectivity index (χ1n) is 3.30. The smallest absolute Gasteiger partial charge is 0.321 e. The molecule has 0 spiro atoms. The Labute approximate surface area is 64.5 Å². The molecule has 0 aromatic carbocycles. The van der Waals surface area contributed by atoms with Crippen molar-refractivity contribution in [1.82, 2.24) is 0 Å². The molecule has 3 nitrogen and oxygen atoms in total. The molecule has 11 heavy (non-hydrogen) atoms. The molecule has 64 valence electrons. The molecule has 0 radical (unpaired) electrons. The van der Waals surface area contributed by atoms with E-state index in [0.717, 1.165) is 0 Å². The molecule has 0 amide bonds. The lowest BCUT2D eigenvalue weighted by Crippen LogP contribution is -2.32. The van der Waals surface area contributed by atoms with Gasteiger partial charge in [-0.25, -0.2) is 0 Å². The third kappa shape index (κ3) is 2.29. The van der Waals surface area contributed by atoms with Gasteiger partial charge in [-0.05, 0) is 20.8 Å². The van der Waals surface area contributed by atoms with Gasteiger partial charge in [0.25, 0.3) is 0 Å². The summed E-state index contributed by atoms with van der Waals surface area (Å²) in [5, 5.41) is 0. The van der Waals surface area contributed by atoms with Crippen LogP contribution in [-0.4, -0.2) is 18.6 Å². The van der Waals surface area contributed by atoms with Crippen LogP contribution in [0.4, 0.5) is 4.39 Å². The number of carbonyl (C=O) groups is 2. The number of carbonyl (C=O) groups excluding carboxylic acids is 2. The van der Waals surface area contributed by atoms with Crippen LogP contribution in [0.5, 0.6) is 0 Å². The molecule has 0 aliphatic carbocycles. The van der Waals surface area contributed by atoms with Crippen LogP contribution in [0.1, 0.15) is 20.8 Å². The second-order valence-electron chi connectivity index (χ2n) is 2.62. The van der Waals surface area contributed by atoms with Gasteiger partial charge in [0.05, 0.1) is 6.61 Å². The average molecular weight is 162 g/mol. The van der Waals surface area contributed by atoms with Gasteiger partial charge in [-0.2, -0.15) is 4.39 Å². The van der Waals surface area contributed by atoms with E-state index in [1.165, 1.54) is 13.8 Å². The Morgan fingerprint density at radius 3 is 2.18 bits per heavy atom. The average Bonchev–Trinajstić information content (AvgIpc) is 1.88. The standard InChI is InChI=1S/C7H11FO3/c1-4-11-6(10)7(2,3)5(8)9/h4H2,1-3H3. The van der Waals surface area contributed by atoms with Gasteiger partial charge in [-0.1, -0.05) is 0 Å². The van der Waals surface area contributed by atoms with E-state index in [4.69, 9.17) is 0 Å². The zero-order chi connectivity index (χ0) is 9.07. The molecule has 0 heterocycles. The van der Waals surface area contributed by atoms with Gasteiger partial charge in [-0.15, -0.1) is 0 Å². The van der Waals surface area contributed by atoms with Crippen molar-refractivity contribution < 1.29 is 18.7 Å². The van der Waals surface area contributed by atoms with Gasteiger partial charge in [0.1, 0.15) is 0 Å². The Morgan fingerprint density at radius 1 is 1.45 bits per heavy atom. The SMILES string of the molecule is CCOC(=O)C(C)(C)C(=O)F. The van der Waals surface area contributed by atoms with Gasteiger partial charge in [0.2, 0.25) is 0 Å². The summed E-state index contributed by atoms with van der Waals surface area (Å²) in [5.41, 5.74) is -1.66. The number of hydrogen-bond acceptors (Lipinski definition) is 3. The minimum absolute atomic E-state index is 0.148. The highest BCUT2D eigenvalue weighted by Crippen LogP contribution is 2.18.